The van der Waals surface area contributed by atoms with Crippen molar-refractivity contribution >= 4 is 5.91 Å². The number of piperazine rings is 1. The van der Waals surface area contributed by atoms with E-state index in [1.807, 2.05) is 17.9 Å². The fraction of sp³-hybridized carbons (Fsp3) is 0.654. The van der Waals surface area contributed by atoms with Gasteiger partial charge in [-0.1, -0.05) is 36.8 Å². The third-order valence-corrected chi connectivity index (χ3v) is 7.27. The van der Waals surface area contributed by atoms with Crippen LogP contribution in [-0.4, -0.2) is 66.5 Å². The molecule has 3 aliphatic rings. The van der Waals surface area contributed by atoms with Crippen LogP contribution < -0.4 is 0 Å². The van der Waals surface area contributed by atoms with E-state index < -0.39 is 6.29 Å². The smallest absolute Gasteiger partial charge is 0.288 e. The van der Waals surface area contributed by atoms with Crippen molar-refractivity contribution < 1.29 is 19.4 Å². The lowest BCUT2D eigenvalue weighted by Gasteiger charge is -2.44. The first kappa shape index (κ1) is 23.3. The van der Waals surface area contributed by atoms with Gasteiger partial charge in [0, 0.05) is 51.9 Å². The van der Waals surface area contributed by atoms with Gasteiger partial charge < -0.3 is 19.5 Å². The van der Waals surface area contributed by atoms with Crippen LogP contribution in [0, 0.1) is 17.8 Å². The number of aliphatic hydroxyl groups excluding tert-OH is 1. The van der Waals surface area contributed by atoms with E-state index in [4.69, 9.17) is 9.47 Å². The van der Waals surface area contributed by atoms with Crippen molar-refractivity contribution in [2.45, 2.75) is 51.9 Å². The Morgan fingerprint density at radius 3 is 2.53 bits per heavy atom. The van der Waals surface area contributed by atoms with Crippen molar-refractivity contribution in [1.29, 1.82) is 0 Å². The number of carbonyl (C=O) groups is 1. The summed E-state index contributed by atoms with van der Waals surface area (Å²) < 4.78 is 12.1. The van der Waals surface area contributed by atoms with Crippen molar-refractivity contribution in [2.75, 3.05) is 39.4 Å². The van der Waals surface area contributed by atoms with E-state index in [1.165, 1.54) is 24.8 Å². The Morgan fingerprint density at radius 2 is 1.91 bits per heavy atom. The Balaban J connectivity index is 1.41. The summed E-state index contributed by atoms with van der Waals surface area (Å²) in [5, 5.41) is 9.37. The van der Waals surface area contributed by atoms with E-state index in [0.29, 0.717) is 37.3 Å². The van der Waals surface area contributed by atoms with Crippen molar-refractivity contribution in [3.63, 3.8) is 0 Å². The number of amides is 1. The van der Waals surface area contributed by atoms with E-state index in [2.05, 4.69) is 35.2 Å². The third kappa shape index (κ3) is 5.53. The molecule has 0 unspecified atom stereocenters. The van der Waals surface area contributed by atoms with Gasteiger partial charge in [-0.2, -0.15) is 0 Å². The Morgan fingerprint density at radius 1 is 1.16 bits per heavy atom. The van der Waals surface area contributed by atoms with Crippen LogP contribution >= 0.6 is 0 Å². The van der Waals surface area contributed by atoms with Crippen LogP contribution in [0.25, 0.3) is 0 Å². The van der Waals surface area contributed by atoms with E-state index >= 15 is 0 Å². The molecule has 2 fully saturated rings. The second kappa shape index (κ2) is 11.3. The minimum absolute atomic E-state index is 0.000930. The van der Waals surface area contributed by atoms with E-state index in [9.17, 15) is 9.90 Å². The summed E-state index contributed by atoms with van der Waals surface area (Å²) in [5.41, 5.74) is 1.31. The molecule has 1 saturated heterocycles. The first-order valence-corrected chi connectivity index (χ1v) is 12.4. The summed E-state index contributed by atoms with van der Waals surface area (Å²) in [6.45, 7) is 6.79. The zero-order valence-electron chi connectivity index (χ0n) is 19.3. The lowest BCUT2D eigenvalue weighted by atomic mass is 9.68. The number of ether oxygens (including phenoxy) is 2. The first-order valence-electron chi connectivity index (χ1n) is 12.4. The van der Waals surface area contributed by atoms with E-state index in [1.54, 1.807) is 0 Å². The molecule has 1 N–H and O–H groups in total. The molecule has 1 amide bonds. The number of benzene rings is 1. The van der Waals surface area contributed by atoms with Crippen molar-refractivity contribution in [2.24, 2.45) is 17.8 Å². The quantitative estimate of drug-likeness (QED) is 0.635. The average Bonchev–Trinajstić information content (AvgIpc) is 2.78. The molecule has 4 rings (SSSR count). The largest absolute Gasteiger partial charge is 0.459 e. The van der Waals surface area contributed by atoms with Crippen LogP contribution in [0.2, 0.25) is 0 Å². The number of hydrogen-bond donors (Lipinski definition) is 1. The second-order valence-corrected chi connectivity index (χ2v) is 9.32. The fourth-order valence-electron chi connectivity index (χ4n) is 5.25. The molecule has 0 radical (unpaired) electrons. The molecule has 0 bridgehead atoms. The standard InChI is InChI=1S/C26H38N2O4/c1-2-31-26-22(12-7-17-29)23(21-10-6-11-21)18-24(32-26)25(30)28-15-13-27(14-16-28)19-20-8-4-3-5-9-20/h3-5,8-9,18,21-23,26,29H,2,6-7,10-17,19H2,1H3/t22-,23+,26+/m0/s1. The molecule has 1 saturated carbocycles. The van der Waals surface area contributed by atoms with Gasteiger partial charge in [0.05, 0.1) is 0 Å². The molecule has 6 nitrogen and oxygen atoms in total. The maximum absolute atomic E-state index is 13.4. The van der Waals surface area contributed by atoms with Gasteiger partial charge in [-0.15, -0.1) is 0 Å². The SMILES string of the molecule is CCO[C@@H]1OC(C(=O)N2CCN(Cc3ccccc3)CC2)=C[C@H](C2CCC2)[C@@H]1CCCO. The number of rotatable bonds is 9. The molecular formula is C26H38N2O4. The molecule has 2 aliphatic heterocycles. The maximum atomic E-state index is 13.4. The van der Waals surface area contributed by atoms with Gasteiger partial charge in [0.25, 0.3) is 5.91 Å². The summed E-state index contributed by atoms with van der Waals surface area (Å²) in [5.74, 6) is 1.55. The predicted octanol–water partition coefficient (Wildman–Crippen LogP) is 3.41. The maximum Gasteiger partial charge on any atom is 0.288 e. The minimum atomic E-state index is -0.402. The summed E-state index contributed by atoms with van der Waals surface area (Å²) in [6, 6.07) is 10.5. The highest BCUT2D eigenvalue weighted by molar-refractivity contribution is 5.91. The first-order chi connectivity index (χ1) is 15.7. The Bertz CT molecular complexity index is 756. The molecule has 2 heterocycles. The van der Waals surface area contributed by atoms with Gasteiger partial charge in [0.1, 0.15) is 0 Å². The summed E-state index contributed by atoms with van der Waals surface area (Å²) in [6.07, 6.45) is 6.96. The Kier molecular flexibility index (Phi) is 8.22. The lowest BCUT2D eigenvalue weighted by molar-refractivity contribution is -0.181. The summed E-state index contributed by atoms with van der Waals surface area (Å²) >= 11 is 0. The lowest BCUT2D eigenvalue weighted by Crippen LogP contribution is -2.50. The Hall–Kier alpha value is -1.89. The Labute approximate surface area is 192 Å². The molecule has 1 aromatic rings. The molecule has 0 aromatic heterocycles. The highest BCUT2D eigenvalue weighted by Gasteiger charge is 2.42. The van der Waals surface area contributed by atoms with Crippen LogP contribution in [0.15, 0.2) is 42.2 Å². The van der Waals surface area contributed by atoms with Crippen molar-refractivity contribution in [3.05, 3.63) is 47.7 Å². The predicted molar refractivity (Wildman–Crippen MR) is 124 cm³/mol. The molecule has 1 aliphatic carbocycles. The van der Waals surface area contributed by atoms with Gasteiger partial charge in [-0.3, -0.25) is 9.69 Å². The molecule has 1 aromatic carbocycles. The normalized spacial score (nSPS) is 26.9. The topological polar surface area (TPSA) is 62.2 Å². The van der Waals surface area contributed by atoms with Gasteiger partial charge in [-0.25, -0.2) is 0 Å². The fourth-order valence-corrected chi connectivity index (χ4v) is 5.25. The number of hydrogen-bond acceptors (Lipinski definition) is 5. The van der Waals surface area contributed by atoms with Crippen molar-refractivity contribution in [1.82, 2.24) is 9.80 Å². The molecule has 176 valence electrons. The number of allylic oxidation sites excluding steroid dienone is 1. The zero-order valence-corrected chi connectivity index (χ0v) is 19.3. The third-order valence-electron chi connectivity index (χ3n) is 7.27. The highest BCUT2D eigenvalue weighted by atomic mass is 16.7. The number of aliphatic hydroxyl groups is 1. The number of nitrogens with zero attached hydrogens (tertiary/aromatic N) is 2. The van der Waals surface area contributed by atoms with E-state index in [0.717, 1.165) is 32.5 Å². The van der Waals surface area contributed by atoms with Crippen molar-refractivity contribution in [3.8, 4) is 0 Å². The molecule has 0 spiro atoms. The van der Waals surface area contributed by atoms with Crippen LogP contribution in [0.5, 0.6) is 0 Å². The van der Waals surface area contributed by atoms with Gasteiger partial charge in [0.15, 0.2) is 5.76 Å². The van der Waals surface area contributed by atoms with Crippen LogP contribution in [-0.2, 0) is 20.8 Å². The van der Waals surface area contributed by atoms with E-state index in [-0.39, 0.29) is 18.4 Å². The van der Waals surface area contributed by atoms with Gasteiger partial charge in [0.2, 0.25) is 6.29 Å². The minimum Gasteiger partial charge on any atom is -0.459 e. The highest BCUT2D eigenvalue weighted by Crippen LogP contribution is 2.44. The number of carbonyl (C=O) groups excluding carboxylic acids is 1. The van der Waals surface area contributed by atoms with Crippen LogP contribution in [0.1, 0.15) is 44.6 Å². The average molecular weight is 443 g/mol. The summed E-state index contributed by atoms with van der Waals surface area (Å²) in [4.78, 5) is 17.7. The van der Waals surface area contributed by atoms with Crippen LogP contribution in [0.3, 0.4) is 0 Å². The monoisotopic (exact) mass is 442 g/mol. The molecule has 3 atom stereocenters. The molecule has 32 heavy (non-hydrogen) atoms. The zero-order chi connectivity index (χ0) is 22.3. The molecule has 6 heteroatoms. The summed E-state index contributed by atoms with van der Waals surface area (Å²) in [7, 11) is 0. The van der Waals surface area contributed by atoms with Gasteiger partial charge in [-0.05, 0) is 56.1 Å². The van der Waals surface area contributed by atoms with Crippen LogP contribution in [0.4, 0.5) is 0 Å². The second-order valence-electron chi connectivity index (χ2n) is 9.32. The molecular weight excluding hydrogens is 404 g/mol. The van der Waals surface area contributed by atoms with Gasteiger partial charge >= 0.3 is 0 Å².